The zero-order chi connectivity index (χ0) is 21.8. The highest BCUT2D eigenvalue weighted by atomic mass is 16.3. The van der Waals surface area contributed by atoms with Crippen LogP contribution < -0.4 is 16.0 Å². The van der Waals surface area contributed by atoms with E-state index in [1.807, 2.05) is 6.07 Å². The molecule has 0 radical (unpaired) electrons. The lowest BCUT2D eigenvalue weighted by atomic mass is 9.69. The highest BCUT2D eigenvalue weighted by Crippen LogP contribution is 2.50. The highest BCUT2D eigenvalue weighted by Gasteiger charge is 2.42. The number of anilines is 3. The number of benzene rings is 1. The molecule has 0 spiro atoms. The van der Waals surface area contributed by atoms with Crippen LogP contribution in [-0.2, 0) is 4.79 Å². The predicted molar refractivity (Wildman–Crippen MR) is 121 cm³/mol. The van der Waals surface area contributed by atoms with E-state index in [9.17, 15) is 9.90 Å². The summed E-state index contributed by atoms with van der Waals surface area (Å²) < 4.78 is 0. The van der Waals surface area contributed by atoms with E-state index in [1.165, 1.54) is 6.42 Å². The fourth-order valence-corrected chi connectivity index (χ4v) is 5.20. The Balaban J connectivity index is 1.68. The summed E-state index contributed by atoms with van der Waals surface area (Å²) in [7, 11) is 0. The molecule has 5 rings (SSSR count). The Kier molecular flexibility index (Phi) is 4.64. The Bertz CT molecular complexity index is 1090. The Hall–Kier alpha value is -3.09. The molecule has 0 bridgehead atoms. The standard InChI is InChI=1S/C24H29N5O2/c1-24(2)12-16-19(17(31)13-24)18(14-7-6-8-15(30)11-14)20-21(25)27-23(28-22(20)26-16)29-9-4-3-5-10-29/h6-8,11,18,30H,3-5,9-10,12-13H2,1-2H3,(H3,25,26,27,28)/t18-/m1/s1. The van der Waals surface area contributed by atoms with Crippen molar-refractivity contribution in [2.24, 2.45) is 5.41 Å². The van der Waals surface area contributed by atoms with Crippen LogP contribution in [0.1, 0.15) is 63.0 Å². The molecule has 1 aliphatic carbocycles. The van der Waals surface area contributed by atoms with E-state index in [0.717, 1.165) is 54.7 Å². The number of carbonyl (C=O) groups is 1. The second-order valence-corrected chi connectivity index (χ2v) is 9.71. The number of Topliss-reactive ketones (excluding diaryl/α,β-unsaturated/α-hetero) is 1. The highest BCUT2D eigenvalue weighted by molar-refractivity contribution is 6.02. The van der Waals surface area contributed by atoms with Crippen LogP contribution in [0.4, 0.5) is 17.6 Å². The SMILES string of the molecule is CC1(C)CC(=O)C2=C(C1)Nc1nc(N3CCCCC3)nc(N)c1[C@@H]2c1cccc(O)c1. The van der Waals surface area contributed by atoms with Gasteiger partial charge in [0.25, 0.3) is 0 Å². The number of nitrogen functional groups attached to an aromatic ring is 1. The van der Waals surface area contributed by atoms with E-state index in [1.54, 1.807) is 18.2 Å². The lowest BCUT2D eigenvalue weighted by Gasteiger charge is -2.39. The van der Waals surface area contributed by atoms with Gasteiger partial charge < -0.3 is 21.1 Å². The first kappa shape index (κ1) is 19.8. The Labute approximate surface area is 182 Å². The first-order valence-corrected chi connectivity index (χ1v) is 11.1. The number of nitrogens with one attached hydrogen (secondary N) is 1. The van der Waals surface area contributed by atoms with Crippen molar-refractivity contribution in [3.63, 3.8) is 0 Å². The number of fused-ring (bicyclic) bond motifs is 1. The lowest BCUT2D eigenvalue weighted by Crippen LogP contribution is -2.36. The Morgan fingerprint density at radius 1 is 1.16 bits per heavy atom. The molecule has 3 aliphatic rings. The molecular weight excluding hydrogens is 390 g/mol. The number of nitrogens with zero attached hydrogens (tertiary/aromatic N) is 3. The van der Waals surface area contributed by atoms with Gasteiger partial charge in [0.05, 0.1) is 0 Å². The van der Waals surface area contributed by atoms with Gasteiger partial charge in [-0.15, -0.1) is 0 Å². The second-order valence-electron chi connectivity index (χ2n) is 9.71. The van der Waals surface area contributed by atoms with Crippen LogP contribution in [0.25, 0.3) is 0 Å². The predicted octanol–water partition coefficient (Wildman–Crippen LogP) is 3.96. The number of nitrogens with two attached hydrogens (primary N) is 1. The normalized spacial score (nSPS) is 22.6. The van der Waals surface area contributed by atoms with E-state index in [2.05, 4.69) is 29.0 Å². The minimum absolute atomic E-state index is 0.109. The quantitative estimate of drug-likeness (QED) is 0.677. The molecule has 1 fully saturated rings. The molecule has 0 amide bonds. The van der Waals surface area contributed by atoms with Crippen molar-refractivity contribution in [1.82, 2.24) is 9.97 Å². The molecule has 1 saturated heterocycles. The third kappa shape index (κ3) is 3.52. The Morgan fingerprint density at radius 3 is 2.68 bits per heavy atom. The minimum Gasteiger partial charge on any atom is -0.508 e. The maximum absolute atomic E-state index is 13.3. The molecule has 1 atom stereocenters. The second kappa shape index (κ2) is 7.25. The molecule has 3 heterocycles. The summed E-state index contributed by atoms with van der Waals surface area (Å²) in [6.45, 7) is 6.08. The van der Waals surface area contributed by atoms with Gasteiger partial charge in [-0.25, -0.2) is 0 Å². The fraction of sp³-hybridized carbons (Fsp3) is 0.458. The maximum atomic E-state index is 13.3. The Morgan fingerprint density at radius 2 is 1.94 bits per heavy atom. The number of phenols is 1. The van der Waals surface area contributed by atoms with Gasteiger partial charge >= 0.3 is 0 Å². The van der Waals surface area contributed by atoms with E-state index < -0.39 is 5.92 Å². The summed E-state index contributed by atoms with van der Waals surface area (Å²) in [6.07, 6.45) is 4.70. The monoisotopic (exact) mass is 419 g/mol. The topological polar surface area (TPSA) is 104 Å². The van der Waals surface area contributed by atoms with E-state index in [4.69, 9.17) is 10.7 Å². The first-order chi connectivity index (χ1) is 14.8. The number of carbonyl (C=O) groups excluding carboxylic acids is 1. The van der Waals surface area contributed by atoms with Gasteiger partial charge in [-0.1, -0.05) is 26.0 Å². The van der Waals surface area contributed by atoms with Crippen LogP contribution in [0, 0.1) is 5.41 Å². The van der Waals surface area contributed by atoms with Crippen LogP contribution in [0.15, 0.2) is 35.5 Å². The van der Waals surface area contributed by atoms with Crippen molar-refractivity contribution >= 4 is 23.4 Å². The number of hydrogen-bond donors (Lipinski definition) is 3. The van der Waals surface area contributed by atoms with Crippen molar-refractivity contribution in [3.8, 4) is 5.75 Å². The minimum atomic E-state index is -0.391. The summed E-state index contributed by atoms with van der Waals surface area (Å²) in [5.41, 5.74) is 9.57. The fourth-order valence-electron chi connectivity index (χ4n) is 5.20. The summed E-state index contributed by atoms with van der Waals surface area (Å²) in [5.74, 6) is 1.58. The number of hydrogen-bond acceptors (Lipinski definition) is 7. The van der Waals surface area contributed by atoms with Gasteiger partial charge in [-0.05, 0) is 48.8 Å². The van der Waals surface area contributed by atoms with E-state index in [-0.39, 0.29) is 16.9 Å². The summed E-state index contributed by atoms with van der Waals surface area (Å²) in [6, 6.07) is 7.05. The molecule has 1 aromatic heterocycles. The zero-order valence-corrected chi connectivity index (χ0v) is 18.1. The number of aromatic nitrogens is 2. The van der Waals surface area contributed by atoms with Gasteiger partial charge in [0.15, 0.2) is 5.78 Å². The van der Waals surface area contributed by atoms with Crippen LogP contribution >= 0.6 is 0 Å². The number of allylic oxidation sites excluding steroid dienone is 2. The average Bonchev–Trinajstić information content (AvgIpc) is 2.72. The van der Waals surface area contributed by atoms with Crippen molar-refractivity contribution in [3.05, 3.63) is 46.7 Å². The number of rotatable bonds is 2. The average molecular weight is 420 g/mol. The molecular formula is C24H29N5O2. The van der Waals surface area contributed by atoms with Gasteiger partial charge in [0, 0.05) is 42.3 Å². The maximum Gasteiger partial charge on any atom is 0.229 e. The van der Waals surface area contributed by atoms with E-state index >= 15 is 0 Å². The van der Waals surface area contributed by atoms with Crippen molar-refractivity contribution < 1.29 is 9.90 Å². The lowest BCUT2D eigenvalue weighted by molar-refractivity contribution is -0.118. The van der Waals surface area contributed by atoms with Crippen LogP contribution in [0.2, 0.25) is 0 Å². The van der Waals surface area contributed by atoms with Gasteiger partial charge in [-0.3, -0.25) is 4.79 Å². The largest absolute Gasteiger partial charge is 0.508 e. The number of piperidine rings is 1. The van der Waals surface area contributed by atoms with E-state index in [0.29, 0.717) is 24.0 Å². The zero-order valence-electron chi connectivity index (χ0n) is 18.1. The summed E-state index contributed by atoms with van der Waals surface area (Å²) >= 11 is 0. The first-order valence-electron chi connectivity index (χ1n) is 11.1. The van der Waals surface area contributed by atoms with Gasteiger partial charge in [0.2, 0.25) is 5.95 Å². The third-order valence-electron chi connectivity index (χ3n) is 6.57. The van der Waals surface area contributed by atoms with Gasteiger partial charge in [-0.2, -0.15) is 9.97 Å². The van der Waals surface area contributed by atoms with Crippen molar-refractivity contribution in [1.29, 1.82) is 0 Å². The van der Waals surface area contributed by atoms with Gasteiger partial charge in [0.1, 0.15) is 17.4 Å². The third-order valence-corrected chi connectivity index (χ3v) is 6.57. The van der Waals surface area contributed by atoms with Crippen molar-refractivity contribution in [2.45, 2.75) is 51.9 Å². The summed E-state index contributed by atoms with van der Waals surface area (Å²) in [5, 5.41) is 13.6. The number of aromatic hydroxyl groups is 1. The molecule has 162 valence electrons. The molecule has 1 aromatic carbocycles. The summed E-state index contributed by atoms with van der Waals surface area (Å²) in [4.78, 5) is 25.0. The molecule has 7 nitrogen and oxygen atoms in total. The molecule has 31 heavy (non-hydrogen) atoms. The molecule has 0 saturated carbocycles. The molecule has 2 aromatic rings. The number of ketones is 1. The number of phenolic OH excluding ortho intramolecular Hbond substituents is 1. The van der Waals surface area contributed by atoms with Crippen molar-refractivity contribution in [2.75, 3.05) is 29.0 Å². The van der Waals surface area contributed by atoms with Crippen LogP contribution in [0.5, 0.6) is 5.75 Å². The molecule has 0 unspecified atom stereocenters. The van der Waals surface area contributed by atoms with Crippen LogP contribution in [-0.4, -0.2) is 33.9 Å². The molecule has 7 heteroatoms. The smallest absolute Gasteiger partial charge is 0.229 e. The molecule has 4 N–H and O–H groups in total. The molecule has 2 aliphatic heterocycles. The van der Waals surface area contributed by atoms with Crippen LogP contribution in [0.3, 0.4) is 0 Å².